The normalized spacial score (nSPS) is 47.4. The highest BCUT2D eigenvalue weighted by Crippen LogP contribution is 2.60. The van der Waals surface area contributed by atoms with Crippen molar-refractivity contribution in [3.8, 4) is 0 Å². The van der Waals surface area contributed by atoms with Crippen molar-refractivity contribution < 1.29 is 9.47 Å². The van der Waals surface area contributed by atoms with Gasteiger partial charge in [0.25, 0.3) is 0 Å². The van der Waals surface area contributed by atoms with Crippen molar-refractivity contribution in [1.82, 2.24) is 5.32 Å². The van der Waals surface area contributed by atoms with Crippen LogP contribution >= 0.6 is 0 Å². The van der Waals surface area contributed by atoms with Crippen molar-refractivity contribution in [2.45, 2.75) is 37.3 Å². The molecule has 0 aromatic rings. The molecule has 4 atom stereocenters. The monoisotopic (exact) mass is 211 g/mol. The second kappa shape index (κ2) is 3.72. The topological polar surface area (TPSA) is 30.5 Å². The second-order valence-corrected chi connectivity index (χ2v) is 5.31. The van der Waals surface area contributed by atoms with Gasteiger partial charge in [0.1, 0.15) is 0 Å². The number of nitrogens with one attached hydrogen (secondary N) is 1. The Morgan fingerprint density at radius 1 is 1.53 bits per heavy atom. The summed E-state index contributed by atoms with van der Waals surface area (Å²) in [6, 6.07) is 0.690. The number of hydrogen-bond acceptors (Lipinski definition) is 3. The first-order chi connectivity index (χ1) is 7.36. The molecular weight excluding hydrogens is 190 g/mol. The minimum absolute atomic E-state index is 0.299. The van der Waals surface area contributed by atoms with Gasteiger partial charge in [-0.1, -0.05) is 0 Å². The fraction of sp³-hybridized carbons (Fsp3) is 1.00. The molecule has 2 saturated carbocycles. The van der Waals surface area contributed by atoms with Crippen LogP contribution in [0, 0.1) is 11.8 Å². The molecule has 2 bridgehead atoms. The van der Waals surface area contributed by atoms with Crippen molar-refractivity contribution in [2.75, 3.05) is 26.9 Å². The van der Waals surface area contributed by atoms with E-state index in [1.54, 1.807) is 7.11 Å². The molecule has 4 fully saturated rings. The molecule has 3 nitrogen and oxygen atoms in total. The van der Waals surface area contributed by atoms with E-state index >= 15 is 0 Å². The van der Waals surface area contributed by atoms with Crippen molar-refractivity contribution in [3.05, 3.63) is 0 Å². The van der Waals surface area contributed by atoms with Gasteiger partial charge < -0.3 is 14.8 Å². The third-order valence-corrected chi connectivity index (χ3v) is 4.57. The number of fused-ring (bicyclic) bond motifs is 1. The lowest BCUT2D eigenvalue weighted by atomic mass is 9.56. The van der Waals surface area contributed by atoms with Crippen LogP contribution in [0.2, 0.25) is 0 Å². The van der Waals surface area contributed by atoms with Gasteiger partial charge in [0.15, 0.2) is 0 Å². The minimum Gasteiger partial charge on any atom is -0.383 e. The van der Waals surface area contributed by atoms with Crippen molar-refractivity contribution in [3.63, 3.8) is 0 Å². The number of ether oxygens (including phenoxy) is 2. The van der Waals surface area contributed by atoms with Crippen molar-refractivity contribution in [1.29, 1.82) is 0 Å². The molecule has 4 aliphatic rings. The second-order valence-electron chi connectivity index (χ2n) is 5.31. The van der Waals surface area contributed by atoms with E-state index in [4.69, 9.17) is 9.47 Å². The van der Waals surface area contributed by atoms with Crippen LogP contribution < -0.4 is 5.32 Å². The summed E-state index contributed by atoms with van der Waals surface area (Å²) in [6.07, 6.45) is 5.29. The predicted octanol–water partition coefficient (Wildman–Crippen LogP) is 1.18. The lowest BCUT2D eigenvalue weighted by Crippen LogP contribution is -2.60. The maximum absolute atomic E-state index is 5.98. The van der Waals surface area contributed by atoms with Crippen LogP contribution in [0.25, 0.3) is 0 Å². The van der Waals surface area contributed by atoms with Crippen LogP contribution in [-0.4, -0.2) is 38.5 Å². The van der Waals surface area contributed by atoms with Crippen LogP contribution in [0.5, 0.6) is 0 Å². The summed E-state index contributed by atoms with van der Waals surface area (Å²) in [7, 11) is 1.76. The van der Waals surface area contributed by atoms with Gasteiger partial charge in [-0.15, -0.1) is 0 Å². The lowest BCUT2D eigenvalue weighted by molar-refractivity contribution is -0.0932. The van der Waals surface area contributed by atoms with E-state index in [-0.39, 0.29) is 0 Å². The molecule has 1 spiro atoms. The first kappa shape index (κ1) is 10.1. The fourth-order valence-electron chi connectivity index (χ4n) is 3.98. The Morgan fingerprint density at radius 3 is 3.27 bits per heavy atom. The standard InChI is InChI=1S/C12H21NO2/c1-14-6-5-13-10-3-2-4-12-7-9(8-15-12)11(10)12/h9-11,13H,2-8H2,1H3. The Bertz CT molecular complexity index is 242. The average molecular weight is 211 g/mol. The summed E-state index contributed by atoms with van der Waals surface area (Å²) in [4.78, 5) is 0. The summed E-state index contributed by atoms with van der Waals surface area (Å²) >= 11 is 0. The molecule has 3 heteroatoms. The maximum atomic E-state index is 5.98. The predicted molar refractivity (Wildman–Crippen MR) is 57.8 cm³/mol. The van der Waals surface area contributed by atoms with Gasteiger partial charge in [-0.2, -0.15) is 0 Å². The lowest BCUT2D eigenvalue weighted by Gasteiger charge is -2.52. The number of hydrogen-bond donors (Lipinski definition) is 1. The number of methoxy groups -OCH3 is 1. The summed E-state index contributed by atoms with van der Waals surface area (Å²) in [5.41, 5.74) is 0.299. The van der Waals surface area contributed by atoms with Crippen LogP contribution in [0.4, 0.5) is 0 Å². The molecule has 4 unspecified atom stereocenters. The Kier molecular flexibility index (Phi) is 2.49. The first-order valence-electron chi connectivity index (χ1n) is 6.22. The SMILES string of the molecule is COCCNC1CCCC23CC(CO2)C13. The molecule has 2 saturated heterocycles. The van der Waals surface area contributed by atoms with Gasteiger partial charge in [0.05, 0.1) is 18.8 Å². The van der Waals surface area contributed by atoms with Gasteiger partial charge in [-0.05, 0) is 31.6 Å². The smallest absolute Gasteiger partial charge is 0.0732 e. The Balaban J connectivity index is 1.60. The number of rotatable bonds is 4. The summed E-state index contributed by atoms with van der Waals surface area (Å²) < 4.78 is 11.1. The van der Waals surface area contributed by atoms with E-state index in [9.17, 15) is 0 Å². The van der Waals surface area contributed by atoms with Crippen molar-refractivity contribution >= 4 is 0 Å². The molecule has 86 valence electrons. The van der Waals surface area contributed by atoms with Crippen LogP contribution in [0.15, 0.2) is 0 Å². The van der Waals surface area contributed by atoms with Gasteiger partial charge in [-0.25, -0.2) is 0 Å². The zero-order valence-electron chi connectivity index (χ0n) is 9.50. The molecule has 0 radical (unpaired) electrons. The third-order valence-electron chi connectivity index (χ3n) is 4.57. The van der Waals surface area contributed by atoms with E-state index in [0.717, 1.165) is 31.6 Å². The molecule has 15 heavy (non-hydrogen) atoms. The molecular formula is C12H21NO2. The Morgan fingerprint density at radius 2 is 2.47 bits per heavy atom. The first-order valence-corrected chi connectivity index (χ1v) is 6.22. The molecule has 2 aliphatic heterocycles. The van der Waals surface area contributed by atoms with Crippen molar-refractivity contribution in [2.24, 2.45) is 11.8 Å². The zero-order chi connectivity index (χ0) is 10.3. The van der Waals surface area contributed by atoms with Crippen LogP contribution in [-0.2, 0) is 9.47 Å². The Labute approximate surface area is 91.5 Å². The molecule has 0 aromatic carbocycles. The maximum Gasteiger partial charge on any atom is 0.0732 e. The highest BCUT2D eigenvalue weighted by atomic mass is 16.5. The van der Waals surface area contributed by atoms with Gasteiger partial charge in [0, 0.05) is 25.6 Å². The molecule has 2 aliphatic carbocycles. The van der Waals surface area contributed by atoms with E-state index in [0.29, 0.717) is 11.6 Å². The molecule has 0 aromatic heterocycles. The van der Waals surface area contributed by atoms with Gasteiger partial charge in [-0.3, -0.25) is 0 Å². The minimum atomic E-state index is 0.299. The van der Waals surface area contributed by atoms with E-state index in [1.165, 1.54) is 25.7 Å². The van der Waals surface area contributed by atoms with Crippen LogP contribution in [0.3, 0.4) is 0 Å². The zero-order valence-corrected chi connectivity index (χ0v) is 9.50. The average Bonchev–Trinajstić information content (AvgIpc) is 2.76. The summed E-state index contributed by atoms with van der Waals surface area (Å²) in [6.45, 7) is 2.83. The molecule has 1 N–H and O–H groups in total. The van der Waals surface area contributed by atoms with E-state index in [2.05, 4.69) is 5.32 Å². The summed E-state index contributed by atoms with van der Waals surface area (Å²) in [5.74, 6) is 1.66. The highest BCUT2D eigenvalue weighted by Gasteiger charge is 2.63. The molecule has 0 amide bonds. The third kappa shape index (κ3) is 1.44. The summed E-state index contributed by atoms with van der Waals surface area (Å²) in [5, 5.41) is 3.64. The van der Waals surface area contributed by atoms with Gasteiger partial charge in [0.2, 0.25) is 0 Å². The quantitative estimate of drug-likeness (QED) is 0.708. The van der Waals surface area contributed by atoms with E-state index < -0.39 is 0 Å². The van der Waals surface area contributed by atoms with E-state index in [1.807, 2.05) is 0 Å². The Hall–Kier alpha value is -0.120. The molecule has 2 heterocycles. The fourth-order valence-corrected chi connectivity index (χ4v) is 3.98. The molecule has 4 rings (SSSR count). The van der Waals surface area contributed by atoms with Crippen LogP contribution in [0.1, 0.15) is 25.7 Å². The largest absolute Gasteiger partial charge is 0.383 e. The highest BCUT2D eigenvalue weighted by molar-refractivity contribution is 5.14. The van der Waals surface area contributed by atoms with Gasteiger partial charge >= 0.3 is 0 Å².